The molecule has 0 aliphatic carbocycles. The van der Waals surface area contributed by atoms with E-state index in [1.807, 2.05) is 30.5 Å². The van der Waals surface area contributed by atoms with E-state index >= 15 is 0 Å². The molecule has 19 heavy (non-hydrogen) atoms. The third kappa shape index (κ3) is 3.58. The van der Waals surface area contributed by atoms with Crippen molar-refractivity contribution in [1.82, 2.24) is 4.98 Å². The molecule has 0 amide bonds. The summed E-state index contributed by atoms with van der Waals surface area (Å²) in [5, 5.41) is 5.32. The smallest absolute Gasteiger partial charge is 0.0737 e. The van der Waals surface area contributed by atoms with E-state index in [4.69, 9.17) is 17.3 Å². The zero-order valence-corrected chi connectivity index (χ0v) is 12.0. The topological polar surface area (TPSA) is 50.9 Å². The quantitative estimate of drug-likeness (QED) is 0.847. The molecule has 0 saturated carbocycles. The van der Waals surface area contributed by atoms with E-state index in [2.05, 4.69) is 17.2 Å². The molecular formula is C15H20ClN3. The molecule has 4 heteroatoms. The first-order valence-corrected chi connectivity index (χ1v) is 7.10. The molecule has 1 aromatic heterocycles. The maximum Gasteiger partial charge on any atom is 0.0737 e. The van der Waals surface area contributed by atoms with Crippen LogP contribution in [0.25, 0.3) is 10.9 Å². The number of anilines is 1. The van der Waals surface area contributed by atoms with Crippen molar-refractivity contribution < 1.29 is 0 Å². The summed E-state index contributed by atoms with van der Waals surface area (Å²) < 4.78 is 0. The number of halogens is 1. The molecule has 0 aliphatic rings. The van der Waals surface area contributed by atoms with Crippen molar-refractivity contribution in [1.29, 1.82) is 0 Å². The highest BCUT2D eigenvalue weighted by molar-refractivity contribution is 6.31. The molecule has 0 radical (unpaired) electrons. The predicted octanol–water partition coefficient (Wildman–Crippen LogP) is 3.68. The molecule has 1 heterocycles. The Morgan fingerprint density at radius 2 is 2.21 bits per heavy atom. The third-order valence-corrected chi connectivity index (χ3v) is 3.67. The molecule has 1 unspecified atom stereocenters. The second kappa shape index (κ2) is 6.73. The minimum Gasteiger partial charge on any atom is -0.384 e. The summed E-state index contributed by atoms with van der Waals surface area (Å²) in [5.41, 5.74) is 7.66. The number of aromatic nitrogens is 1. The number of nitrogens with one attached hydrogen (secondary N) is 1. The van der Waals surface area contributed by atoms with Crippen LogP contribution in [-0.4, -0.2) is 18.1 Å². The second-order valence-corrected chi connectivity index (χ2v) is 5.19. The first kappa shape index (κ1) is 14.1. The van der Waals surface area contributed by atoms with Crippen LogP contribution in [0, 0.1) is 5.92 Å². The van der Waals surface area contributed by atoms with Crippen LogP contribution >= 0.6 is 11.6 Å². The van der Waals surface area contributed by atoms with Crippen molar-refractivity contribution >= 4 is 28.2 Å². The molecule has 0 fully saturated rings. The molecule has 0 saturated heterocycles. The van der Waals surface area contributed by atoms with Gasteiger partial charge in [-0.05, 0) is 43.1 Å². The lowest BCUT2D eigenvalue weighted by Gasteiger charge is -2.16. The largest absolute Gasteiger partial charge is 0.384 e. The van der Waals surface area contributed by atoms with Crippen molar-refractivity contribution in [3.63, 3.8) is 0 Å². The zero-order valence-electron chi connectivity index (χ0n) is 11.2. The van der Waals surface area contributed by atoms with Crippen molar-refractivity contribution in [2.75, 3.05) is 18.4 Å². The Kier molecular flexibility index (Phi) is 5.00. The van der Waals surface area contributed by atoms with Gasteiger partial charge in [-0.1, -0.05) is 24.9 Å². The lowest BCUT2D eigenvalue weighted by atomic mass is 10.0. The van der Waals surface area contributed by atoms with Crippen LogP contribution < -0.4 is 11.1 Å². The Morgan fingerprint density at radius 3 is 2.95 bits per heavy atom. The Balaban J connectivity index is 2.16. The fourth-order valence-electron chi connectivity index (χ4n) is 2.22. The molecule has 102 valence electrons. The van der Waals surface area contributed by atoms with Gasteiger partial charge in [-0.15, -0.1) is 0 Å². The summed E-state index contributed by atoms with van der Waals surface area (Å²) >= 11 is 5.99. The van der Waals surface area contributed by atoms with Gasteiger partial charge in [-0.25, -0.2) is 0 Å². The van der Waals surface area contributed by atoms with E-state index in [0.29, 0.717) is 10.9 Å². The number of hydrogen-bond donors (Lipinski definition) is 2. The first-order chi connectivity index (χ1) is 9.24. The molecule has 3 nitrogen and oxygen atoms in total. The number of benzene rings is 1. The Morgan fingerprint density at radius 1 is 1.37 bits per heavy atom. The Labute approximate surface area is 119 Å². The van der Waals surface area contributed by atoms with Crippen molar-refractivity contribution in [3.05, 3.63) is 35.5 Å². The fourth-order valence-corrected chi connectivity index (χ4v) is 2.38. The van der Waals surface area contributed by atoms with Crippen LogP contribution in [0.3, 0.4) is 0 Å². The summed E-state index contributed by atoms with van der Waals surface area (Å²) in [6.45, 7) is 3.88. The van der Waals surface area contributed by atoms with Crippen molar-refractivity contribution in [2.45, 2.75) is 19.8 Å². The van der Waals surface area contributed by atoms with Crippen LogP contribution in [0.2, 0.25) is 5.02 Å². The van der Waals surface area contributed by atoms with Crippen molar-refractivity contribution in [3.8, 4) is 0 Å². The summed E-state index contributed by atoms with van der Waals surface area (Å²) in [6.07, 6.45) is 4.00. The molecular weight excluding hydrogens is 258 g/mol. The predicted molar refractivity (Wildman–Crippen MR) is 82.7 cm³/mol. The van der Waals surface area contributed by atoms with Crippen LogP contribution in [-0.2, 0) is 0 Å². The average molecular weight is 278 g/mol. The van der Waals surface area contributed by atoms with E-state index in [1.54, 1.807) is 0 Å². The molecule has 0 bridgehead atoms. The highest BCUT2D eigenvalue weighted by atomic mass is 35.5. The number of rotatable bonds is 6. The van der Waals surface area contributed by atoms with Crippen LogP contribution in [0.4, 0.5) is 5.69 Å². The third-order valence-electron chi connectivity index (χ3n) is 3.44. The summed E-state index contributed by atoms with van der Waals surface area (Å²) in [7, 11) is 0. The lowest BCUT2D eigenvalue weighted by molar-refractivity contribution is 0.501. The average Bonchev–Trinajstić information content (AvgIpc) is 2.43. The van der Waals surface area contributed by atoms with E-state index < -0.39 is 0 Å². The van der Waals surface area contributed by atoms with E-state index in [9.17, 15) is 0 Å². The van der Waals surface area contributed by atoms with Gasteiger partial charge < -0.3 is 11.1 Å². The molecule has 0 aliphatic heterocycles. The highest BCUT2D eigenvalue weighted by Crippen LogP contribution is 2.24. The van der Waals surface area contributed by atoms with Crippen LogP contribution in [0.5, 0.6) is 0 Å². The maximum absolute atomic E-state index is 5.99. The normalized spacial score (nSPS) is 12.6. The lowest BCUT2D eigenvalue weighted by Crippen LogP contribution is -2.17. The van der Waals surface area contributed by atoms with Gasteiger partial charge in [0.05, 0.1) is 5.52 Å². The van der Waals surface area contributed by atoms with Gasteiger partial charge in [-0.3, -0.25) is 4.98 Å². The van der Waals surface area contributed by atoms with Gasteiger partial charge in [0.2, 0.25) is 0 Å². The standard InChI is InChI=1S/C15H20ClN3/c1-2-11(5-7-17)10-19-14-6-8-18-15-9-12(16)3-4-13(14)15/h3-4,6,8-9,11H,2,5,7,10,17H2,1H3,(H,18,19). The van der Waals surface area contributed by atoms with Gasteiger partial charge in [0.25, 0.3) is 0 Å². The van der Waals surface area contributed by atoms with Gasteiger partial charge in [0.15, 0.2) is 0 Å². The number of pyridine rings is 1. The van der Waals surface area contributed by atoms with E-state index in [1.165, 1.54) is 0 Å². The van der Waals surface area contributed by atoms with Gasteiger partial charge >= 0.3 is 0 Å². The van der Waals surface area contributed by atoms with Gasteiger partial charge in [0, 0.05) is 28.8 Å². The van der Waals surface area contributed by atoms with Gasteiger partial charge in [0.1, 0.15) is 0 Å². The molecule has 3 N–H and O–H groups in total. The second-order valence-electron chi connectivity index (χ2n) is 4.75. The minimum atomic E-state index is 0.612. The number of nitrogens with two attached hydrogens (primary N) is 1. The van der Waals surface area contributed by atoms with Crippen LogP contribution in [0.1, 0.15) is 19.8 Å². The SMILES string of the molecule is CCC(CCN)CNc1ccnc2cc(Cl)ccc12. The van der Waals surface area contributed by atoms with Crippen molar-refractivity contribution in [2.24, 2.45) is 11.7 Å². The fraction of sp³-hybridized carbons (Fsp3) is 0.400. The number of fused-ring (bicyclic) bond motifs is 1. The molecule has 2 aromatic rings. The Bertz CT molecular complexity index is 542. The highest BCUT2D eigenvalue weighted by Gasteiger charge is 2.07. The zero-order chi connectivity index (χ0) is 13.7. The minimum absolute atomic E-state index is 0.612. The Hall–Kier alpha value is -1.32. The van der Waals surface area contributed by atoms with Gasteiger partial charge in [-0.2, -0.15) is 0 Å². The molecule has 2 rings (SSSR count). The summed E-state index contributed by atoms with van der Waals surface area (Å²) in [4.78, 5) is 4.34. The van der Waals surface area contributed by atoms with Crippen LogP contribution in [0.15, 0.2) is 30.5 Å². The number of hydrogen-bond acceptors (Lipinski definition) is 3. The monoisotopic (exact) mass is 277 g/mol. The molecule has 1 aromatic carbocycles. The summed E-state index contributed by atoms with van der Waals surface area (Å²) in [5.74, 6) is 0.612. The number of nitrogens with zero attached hydrogens (tertiary/aromatic N) is 1. The summed E-state index contributed by atoms with van der Waals surface area (Å²) in [6, 6.07) is 7.80. The van der Waals surface area contributed by atoms with E-state index in [-0.39, 0.29) is 0 Å². The maximum atomic E-state index is 5.99. The van der Waals surface area contributed by atoms with E-state index in [0.717, 1.165) is 42.5 Å². The molecule has 1 atom stereocenters. The first-order valence-electron chi connectivity index (χ1n) is 6.72. The molecule has 0 spiro atoms.